The first kappa shape index (κ1) is 13.0. The number of rotatable bonds is 5. The molecule has 0 aromatic heterocycles. The van der Waals surface area contributed by atoms with Gasteiger partial charge in [-0.25, -0.2) is 0 Å². The number of nitro benzene ring substituents is 1. The standard InChI is InChI=1S/C13H18N2O3/c14-8-11-2-1-3-13(11)18-9-10-4-6-12(7-5-10)15(16)17/h4-7,11,13H,1-3,8-9,14H2. The van der Waals surface area contributed by atoms with Crippen molar-refractivity contribution in [2.24, 2.45) is 11.7 Å². The lowest BCUT2D eigenvalue weighted by Crippen LogP contribution is -2.25. The van der Waals surface area contributed by atoms with Gasteiger partial charge in [0, 0.05) is 12.1 Å². The smallest absolute Gasteiger partial charge is 0.269 e. The molecule has 1 aromatic rings. The molecule has 1 aromatic carbocycles. The van der Waals surface area contributed by atoms with Gasteiger partial charge < -0.3 is 10.5 Å². The van der Waals surface area contributed by atoms with Gasteiger partial charge in [0.05, 0.1) is 17.6 Å². The van der Waals surface area contributed by atoms with E-state index in [1.54, 1.807) is 12.1 Å². The maximum atomic E-state index is 10.5. The van der Waals surface area contributed by atoms with E-state index in [4.69, 9.17) is 10.5 Å². The summed E-state index contributed by atoms with van der Waals surface area (Å²) < 4.78 is 5.84. The van der Waals surface area contributed by atoms with Gasteiger partial charge in [-0.1, -0.05) is 6.42 Å². The lowest BCUT2D eigenvalue weighted by Gasteiger charge is -2.18. The van der Waals surface area contributed by atoms with Crippen LogP contribution in [-0.4, -0.2) is 17.6 Å². The Morgan fingerprint density at radius 1 is 1.33 bits per heavy atom. The van der Waals surface area contributed by atoms with E-state index in [0.717, 1.165) is 18.4 Å². The monoisotopic (exact) mass is 250 g/mol. The highest BCUT2D eigenvalue weighted by atomic mass is 16.6. The Hall–Kier alpha value is -1.46. The van der Waals surface area contributed by atoms with E-state index in [-0.39, 0.29) is 11.8 Å². The predicted molar refractivity (Wildman–Crippen MR) is 68.1 cm³/mol. The van der Waals surface area contributed by atoms with Gasteiger partial charge in [-0.2, -0.15) is 0 Å². The van der Waals surface area contributed by atoms with Crippen LogP contribution in [0.15, 0.2) is 24.3 Å². The summed E-state index contributed by atoms with van der Waals surface area (Å²) in [5.74, 6) is 0.461. The second-order valence-corrected chi connectivity index (χ2v) is 4.70. The van der Waals surface area contributed by atoms with E-state index in [0.29, 0.717) is 19.1 Å². The molecule has 0 saturated heterocycles. The summed E-state index contributed by atoms with van der Waals surface area (Å²) in [7, 11) is 0. The van der Waals surface area contributed by atoms with Gasteiger partial charge in [-0.05, 0) is 43.0 Å². The van der Waals surface area contributed by atoms with Crippen LogP contribution in [0, 0.1) is 16.0 Å². The Labute approximate surface area is 106 Å². The Balaban J connectivity index is 1.88. The zero-order valence-electron chi connectivity index (χ0n) is 10.2. The van der Waals surface area contributed by atoms with Crippen LogP contribution in [-0.2, 0) is 11.3 Å². The van der Waals surface area contributed by atoms with E-state index in [2.05, 4.69) is 0 Å². The number of nitrogens with two attached hydrogens (primary N) is 1. The molecule has 2 atom stereocenters. The van der Waals surface area contributed by atoms with Gasteiger partial charge in [0.15, 0.2) is 0 Å². The van der Waals surface area contributed by atoms with Crippen molar-refractivity contribution in [1.82, 2.24) is 0 Å². The molecule has 1 aliphatic carbocycles. The van der Waals surface area contributed by atoms with Crippen LogP contribution >= 0.6 is 0 Å². The maximum absolute atomic E-state index is 10.5. The van der Waals surface area contributed by atoms with Crippen molar-refractivity contribution in [2.45, 2.75) is 32.0 Å². The summed E-state index contributed by atoms with van der Waals surface area (Å²) in [5.41, 5.74) is 6.76. The van der Waals surface area contributed by atoms with Crippen molar-refractivity contribution in [3.05, 3.63) is 39.9 Å². The second kappa shape index (κ2) is 5.93. The van der Waals surface area contributed by atoms with E-state index < -0.39 is 4.92 Å². The summed E-state index contributed by atoms with van der Waals surface area (Å²) in [5, 5.41) is 10.5. The molecule has 2 rings (SSSR count). The van der Waals surface area contributed by atoms with Crippen molar-refractivity contribution < 1.29 is 9.66 Å². The van der Waals surface area contributed by atoms with Crippen molar-refractivity contribution in [1.29, 1.82) is 0 Å². The first-order chi connectivity index (χ1) is 8.70. The third-order valence-corrected chi connectivity index (χ3v) is 3.50. The molecule has 2 N–H and O–H groups in total. The average Bonchev–Trinajstić information content (AvgIpc) is 2.84. The molecule has 18 heavy (non-hydrogen) atoms. The van der Waals surface area contributed by atoms with Crippen LogP contribution in [0.3, 0.4) is 0 Å². The number of hydrogen-bond acceptors (Lipinski definition) is 4. The van der Waals surface area contributed by atoms with Crippen molar-refractivity contribution >= 4 is 5.69 Å². The molecule has 5 heteroatoms. The minimum Gasteiger partial charge on any atom is -0.373 e. The van der Waals surface area contributed by atoms with E-state index in [9.17, 15) is 10.1 Å². The molecule has 0 heterocycles. The average molecular weight is 250 g/mol. The number of nitro groups is 1. The van der Waals surface area contributed by atoms with Crippen LogP contribution in [0.4, 0.5) is 5.69 Å². The summed E-state index contributed by atoms with van der Waals surface area (Å²) in [6.45, 7) is 1.17. The SMILES string of the molecule is NCC1CCCC1OCc1ccc([N+](=O)[O-])cc1. The van der Waals surface area contributed by atoms with Crippen LogP contribution < -0.4 is 5.73 Å². The fraction of sp³-hybridized carbons (Fsp3) is 0.538. The normalized spacial score (nSPS) is 23.2. The Kier molecular flexibility index (Phi) is 4.28. The fourth-order valence-electron chi connectivity index (χ4n) is 2.41. The second-order valence-electron chi connectivity index (χ2n) is 4.70. The quantitative estimate of drug-likeness (QED) is 0.642. The number of benzene rings is 1. The summed E-state index contributed by atoms with van der Waals surface area (Å²) >= 11 is 0. The third kappa shape index (κ3) is 3.05. The molecular weight excluding hydrogens is 232 g/mol. The first-order valence-corrected chi connectivity index (χ1v) is 6.25. The van der Waals surface area contributed by atoms with Crippen molar-refractivity contribution in [3.63, 3.8) is 0 Å². The summed E-state index contributed by atoms with van der Waals surface area (Å²) in [6, 6.07) is 6.50. The molecule has 1 saturated carbocycles. The van der Waals surface area contributed by atoms with Gasteiger partial charge in [0.25, 0.3) is 5.69 Å². The van der Waals surface area contributed by atoms with Gasteiger partial charge in [0.2, 0.25) is 0 Å². The topological polar surface area (TPSA) is 78.4 Å². The molecule has 0 aliphatic heterocycles. The zero-order valence-corrected chi connectivity index (χ0v) is 10.2. The van der Waals surface area contributed by atoms with Crippen LogP contribution in [0.2, 0.25) is 0 Å². The Bertz CT molecular complexity index is 405. The van der Waals surface area contributed by atoms with Crippen LogP contribution in [0.1, 0.15) is 24.8 Å². The van der Waals surface area contributed by atoms with E-state index in [1.807, 2.05) is 0 Å². The summed E-state index contributed by atoms with van der Waals surface area (Å²) in [4.78, 5) is 10.1. The molecule has 0 bridgehead atoms. The highest BCUT2D eigenvalue weighted by Gasteiger charge is 2.26. The fourth-order valence-corrected chi connectivity index (χ4v) is 2.41. The number of ether oxygens (including phenoxy) is 1. The first-order valence-electron chi connectivity index (χ1n) is 6.25. The largest absolute Gasteiger partial charge is 0.373 e. The van der Waals surface area contributed by atoms with E-state index in [1.165, 1.54) is 18.6 Å². The highest BCUT2D eigenvalue weighted by molar-refractivity contribution is 5.32. The highest BCUT2D eigenvalue weighted by Crippen LogP contribution is 2.28. The van der Waals surface area contributed by atoms with Crippen LogP contribution in [0.25, 0.3) is 0 Å². The maximum Gasteiger partial charge on any atom is 0.269 e. The van der Waals surface area contributed by atoms with Gasteiger partial charge in [-0.15, -0.1) is 0 Å². The van der Waals surface area contributed by atoms with Gasteiger partial charge in [0.1, 0.15) is 0 Å². The molecule has 2 unspecified atom stereocenters. The van der Waals surface area contributed by atoms with Gasteiger partial charge in [-0.3, -0.25) is 10.1 Å². The number of hydrogen-bond donors (Lipinski definition) is 1. The number of non-ortho nitro benzene ring substituents is 1. The third-order valence-electron chi connectivity index (χ3n) is 3.50. The predicted octanol–water partition coefficient (Wildman–Crippen LogP) is 2.24. The molecule has 1 fully saturated rings. The molecular formula is C13H18N2O3. The number of nitrogens with zero attached hydrogens (tertiary/aromatic N) is 1. The molecule has 0 amide bonds. The Morgan fingerprint density at radius 3 is 2.67 bits per heavy atom. The molecule has 5 nitrogen and oxygen atoms in total. The van der Waals surface area contributed by atoms with Crippen molar-refractivity contribution in [3.8, 4) is 0 Å². The molecule has 0 radical (unpaired) electrons. The minimum atomic E-state index is -0.397. The van der Waals surface area contributed by atoms with Crippen LogP contribution in [0.5, 0.6) is 0 Å². The summed E-state index contributed by atoms with van der Waals surface area (Å²) in [6.07, 6.45) is 3.62. The Morgan fingerprint density at radius 2 is 2.06 bits per heavy atom. The molecule has 98 valence electrons. The van der Waals surface area contributed by atoms with Gasteiger partial charge >= 0.3 is 0 Å². The lowest BCUT2D eigenvalue weighted by molar-refractivity contribution is -0.384. The lowest BCUT2D eigenvalue weighted by atomic mass is 10.1. The molecule has 0 spiro atoms. The van der Waals surface area contributed by atoms with Crippen molar-refractivity contribution in [2.75, 3.05) is 6.54 Å². The zero-order chi connectivity index (χ0) is 13.0. The van der Waals surface area contributed by atoms with E-state index >= 15 is 0 Å². The minimum absolute atomic E-state index is 0.111. The molecule has 1 aliphatic rings.